The Labute approximate surface area is 167 Å². The molecule has 1 saturated heterocycles. The quantitative estimate of drug-likeness (QED) is 0.697. The van der Waals surface area contributed by atoms with E-state index in [9.17, 15) is 9.50 Å². The van der Waals surface area contributed by atoms with Gasteiger partial charge in [-0.15, -0.1) is 10.2 Å². The highest BCUT2D eigenvalue weighted by Crippen LogP contribution is 2.39. The number of aromatic nitrogens is 3. The van der Waals surface area contributed by atoms with Gasteiger partial charge in [-0.3, -0.25) is 4.40 Å². The van der Waals surface area contributed by atoms with Crippen molar-refractivity contribution in [3.63, 3.8) is 0 Å². The maximum atomic E-state index is 14.2. The van der Waals surface area contributed by atoms with Crippen LogP contribution in [0.2, 0.25) is 5.02 Å². The lowest BCUT2D eigenvalue weighted by Crippen LogP contribution is -2.33. The third-order valence-electron chi connectivity index (χ3n) is 6.01. The number of halogens is 2. The van der Waals surface area contributed by atoms with E-state index >= 15 is 0 Å². The van der Waals surface area contributed by atoms with Crippen LogP contribution in [0.5, 0.6) is 5.75 Å². The molecule has 1 saturated carbocycles. The number of phenols is 1. The van der Waals surface area contributed by atoms with Crippen molar-refractivity contribution in [2.45, 2.75) is 38.0 Å². The molecule has 28 heavy (non-hydrogen) atoms. The van der Waals surface area contributed by atoms with E-state index in [0.717, 1.165) is 49.8 Å². The monoisotopic (exact) mass is 400 g/mol. The summed E-state index contributed by atoms with van der Waals surface area (Å²) in [5, 5.41) is 19.3. The van der Waals surface area contributed by atoms with E-state index in [0.29, 0.717) is 16.2 Å². The molecule has 2 fully saturated rings. The van der Waals surface area contributed by atoms with Crippen LogP contribution in [0, 0.1) is 11.7 Å². The molecule has 3 heterocycles. The number of rotatable bonds is 4. The maximum Gasteiger partial charge on any atom is 0.181 e. The van der Waals surface area contributed by atoms with E-state index in [-0.39, 0.29) is 17.5 Å². The van der Waals surface area contributed by atoms with Gasteiger partial charge >= 0.3 is 0 Å². The Morgan fingerprint density at radius 2 is 1.89 bits per heavy atom. The molecule has 146 valence electrons. The number of hydrogen-bond acceptors (Lipinski definition) is 4. The van der Waals surface area contributed by atoms with Gasteiger partial charge in [-0.1, -0.05) is 17.7 Å². The molecule has 1 aliphatic carbocycles. The first-order valence-corrected chi connectivity index (χ1v) is 10.2. The van der Waals surface area contributed by atoms with Gasteiger partial charge in [0.25, 0.3) is 0 Å². The highest BCUT2D eigenvalue weighted by atomic mass is 35.5. The van der Waals surface area contributed by atoms with Crippen LogP contribution in [0.25, 0.3) is 5.65 Å². The summed E-state index contributed by atoms with van der Waals surface area (Å²) in [5.41, 5.74) is 2.07. The summed E-state index contributed by atoms with van der Waals surface area (Å²) in [6.45, 7) is 1.49. The van der Waals surface area contributed by atoms with E-state index in [4.69, 9.17) is 11.6 Å². The third-order valence-corrected chi connectivity index (χ3v) is 6.37. The molecule has 0 amide bonds. The molecule has 1 N–H and O–H groups in total. The van der Waals surface area contributed by atoms with Gasteiger partial charge in [0.2, 0.25) is 0 Å². The molecular formula is C21H22ClFN4O. The Bertz CT molecular complexity index is 1000. The number of benzene rings is 1. The van der Waals surface area contributed by atoms with Crippen LogP contribution in [-0.4, -0.2) is 32.8 Å². The standard InChI is InChI=1S/C21H22ClFN4O/c22-20-16(8-11-27-18(12-13-4-5-13)24-25-21(20)27)26-9-6-14(7-10-26)19-15(23)2-1-3-17(19)28/h1-3,8,11,13-14,28H,4-7,9-10,12H2. The van der Waals surface area contributed by atoms with Crippen LogP contribution < -0.4 is 4.90 Å². The number of fused-ring (bicyclic) bond motifs is 1. The zero-order valence-electron chi connectivity index (χ0n) is 15.5. The normalized spacial score (nSPS) is 18.1. The predicted octanol–water partition coefficient (Wildman–Crippen LogP) is 4.56. The van der Waals surface area contributed by atoms with Crippen molar-refractivity contribution in [3.05, 3.63) is 52.7 Å². The van der Waals surface area contributed by atoms with Gasteiger partial charge in [-0.25, -0.2) is 4.39 Å². The highest BCUT2D eigenvalue weighted by Gasteiger charge is 2.28. The van der Waals surface area contributed by atoms with Crippen molar-refractivity contribution < 1.29 is 9.50 Å². The summed E-state index contributed by atoms with van der Waals surface area (Å²) in [5.74, 6) is 1.44. The van der Waals surface area contributed by atoms with Gasteiger partial charge in [-0.2, -0.15) is 0 Å². The maximum absolute atomic E-state index is 14.2. The molecular weight excluding hydrogens is 379 g/mol. The van der Waals surface area contributed by atoms with Crippen LogP contribution >= 0.6 is 11.6 Å². The number of nitrogens with zero attached hydrogens (tertiary/aromatic N) is 4. The topological polar surface area (TPSA) is 53.7 Å². The van der Waals surface area contributed by atoms with Crippen LogP contribution in [0.3, 0.4) is 0 Å². The van der Waals surface area contributed by atoms with E-state index in [2.05, 4.69) is 15.1 Å². The second-order valence-corrected chi connectivity index (χ2v) is 8.28. The Hall–Kier alpha value is -2.34. The van der Waals surface area contributed by atoms with Gasteiger partial charge in [-0.05, 0) is 55.7 Å². The highest BCUT2D eigenvalue weighted by molar-refractivity contribution is 6.36. The van der Waals surface area contributed by atoms with Crippen molar-refractivity contribution in [3.8, 4) is 5.75 Å². The number of pyridine rings is 1. The zero-order valence-corrected chi connectivity index (χ0v) is 16.2. The van der Waals surface area contributed by atoms with E-state index in [1.807, 2.05) is 16.7 Å². The van der Waals surface area contributed by atoms with Crippen molar-refractivity contribution in [1.82, 2.24) is 14.6 Å². The molecule has 0 unspecified atom stereocenters. The molecule has 0 bridgehead atoms. The molecule has 5 rings (SSSR count). The van der Waals surface area contributed by atoms with Crippen molar-refractivity contribution in [2.75, 3.05) is 18.0 Å². The predicted molar refractivity (Wildman–Crippen MR) is 107 cm³/mol. The molecule has 0 atom stereocenters. The molecule has 3 aromatic rings. The lowest BCUT2D eigenvalue weighted by atomic mass is 9.88. The van der Waals surface area contributed by atoms with Gasteiger partial charge in [0.05, 0.1) is 5.69 Å². The number of anilines is 1. The van der Waals surface area contributed by atoms with E-state index in [1.165, 1.54) is 25.0 Å². The second kappa shape index (κ2) is 6.92. The van der Waals surface area contributed by atoms with E-state index < -0.39 is 0 Å². The zero-order chi connectivity index (χ0) is 19.3. The summed E-state index contributed by atoms with van der Waals surface area (Å²) < 4.78 is 16.2. The SMILES string of the molecule is Oc1cccc(F)c1C1CCN(c2ccn3c(CC4CC4)nnc3c2Cl)CC1. The Morgan fingerprint density at radius 1 is 1.11 bits per heavy atom. The first-order chi connectivity index (χ1) is 13.6. The van der Waals surface area contributed by atoms with Gasteiger partial charge < -0.3 is 10.0 Å². The fraction of sp³-hybridized carbons (Fsp3) is 0.429. The minimum atomic E-state index is -0.329. The minimum Gasteiger partial charge on any atom is -0.508 e. The van der Waals surface area contributed by atoms with Crippen LogP contribution in [-0.2, 0) is 6.42 Å². The number of phenolic OH excluding ortho intramolecular Hbond substituents is 1. The Kier molecular flexibility index (Phi) is 4.38. The summed E-state index contributed by atoms with van der Waals surface area (Å²) in [6.07, 6.45) is 7.02. The first-order valence-electron chi connectivity index (χ1n) is 9.86. The number of aromatic hydroxyl groups is 1. The fourth-order valence-corrected chi connectivity index (χ4v) is 4.58. The minimum absolute atomic E-state index is 0.0122. The van der Waals surface area contributed by atoms with Gasteiger partial charge in [0.15, 0.2) is 5.65 Å². The number of hydrogen-bond donors (Lipinski definition) is 1. The lowest BCUT2D eigenvalue weighted by molar-refractivity contribution is 0.424. The van der Waals surface area contributed by atoms with E-state index in [1.54, 1.807) is 6.07 Å². The molecule has 0 radical (unpaired) electrons. The summed E-state index contributed by atoms with van der Waals surface area (Å²) in [6, 6.07) is 6.53. The van der Waals surface area contributed by atoms with Crippen molar-refractivity contribution in [2.24, 2.45) is 5.92 Å². The van der Waals surface area contributed by atoms with Crippen LogP contribution in [0.1, 0.15) is 43.0 Å². The fourth-order valence-electron chi connectivity index (χ4n) is 4.27. The largest absolute Gasteiger partial charge is 0.508 e. The van der Waals surface area contributed by atoms with Crippen molar-refractivity contribution in [1.29, 1.82) is 0 Å². The van der Waals surface area contributed by atoms with Crippen LogP contribution in [0.15, 0.2) is 30.5 Å². The van der Waals surface area contributed by atoms with Crippen molar-refractivity contribution >= 4 is 22.9 Å². The number of piperidine rings is 1. The van der Waals surface area contributed by atoms with Gasteiger partial charge in [0.1, 0.15) is 22.4 Å². The molecule has 1 aromatic carbocycles. The first kappa shape index (κ1) is 17.7. The third kappa shape index (κ3) is 3.09. The molecule has 7 heteroatoms. The average Bonchev–Trinajstić information content (AvgIpc) is 3.41. The molecule has 2 aromatic heterocycles. The molecule has 0 spiro atoms. The molecule has 2 aliphatic rings. The van der Waals surface area contributed by atoms with Crippen LogP contribution in [0.4, 0.5) is 10.1 Å². The summed E-state index contributed by atoms with van der Waals surface area (Å²) >= 11 is 6.68. The second-order valence-electron chi connectivity index (χ2n) is 7.91. The lowest BCUT2D eigenvalue weighted by Gasteiger charge is -2.34. The molecule has 1 aliphatic heterocycles. The summed E-state index contributed by atoms with van der Waals surface area (Å²) in [4.78, 5) is 2.21. The van der Waals surface area contributed by atoms with Gasteiger partial charge in [0, 0.05) is 31.3 Å². The Balaban J connectivity index is 1.36. The molecule has 5 nitrogen and oxygen atoms in total. The Morgan fingerprint density at radius 3 is 2.61 bits per heavy atom. The summed E-state index contributed by atoms with van der Waals surface area (Å²) in [7, 11) is 0. The smallest absolute Gasteiger partial charge is 0.181 e. The average molecular weight is 401 g/mol.